The van der Waals surface area contributed by atoms with E-state index in [-0.39, 0.29) is 5.91 Å². The molecule has 2 aromatic carbocycles. The van der Waals surface area contributed by atoms with Crippen LogP contribution in [0.4, 0.5) is 0 Å². The molecule has 1 saturated heterocycles. The number of carbonyl (C=O) groups excluding carboxylic acids is 1. The Labute approximate surface area is 159 Å². The van der Waals surface area contributed by atoms with Crippen molar-refractivity contribution < 1.29 is 4.79 Å². The molecule has 3 heterocycles. The summed E-state index contributed by atoms with van der Waals surface area (Å²) in [6.07, 6.45) is 1.99. The quantitative estimate of drug-likeness (QED) is 0.459. The summed E-state index contributed by atoms with van der Waals surface area (Å²) in [7, 11) is 0. The molecule has 0 atom stereocenters. The van der Waals surface area contributed by atoms with Crippen molar-refractivity contribution in [1.82, 2.24) is 9.88 Å². The molecule has 1 fully saturated rings. The molecule has 1 amide bonds. The van der Waals surface area contributed by atoms with Gasteiger partial charge in [-0.3, -0.25) is 4.79 Å². The SMILES string of the molecule is O=C(c1cc2ccccc2s1)N1CCC(c2nc3ccccc3s2)CC1. The summed E-state index contributed by atoms with van der Waals surface area (Å²) in [4.78, 5) is 20.5. The number of carbonyl (C=O) groups is 1. The topological polar surface area (TPSA) is 33.2 Å². The van der Waals surface area contributed by atoms with E-state index in [1.165, 1.54) is 14.4 Å². The number of fused-ring (bicyclic) bond motifs is 2. The number of hydrogen-bond donors (Lipinski definition) is 0. The average Bonchev–Trinajstić information content (AvgIpc) is 3.31. The number of nitrogens with zero attached hydrogens (tertiary/aromatic N) is 2. The van der Waals surface area contributed by atoms with Gasteiger partial charge in [-0.2, -0.15) is 0 Å². The average molecular weight is 379 g/mol. The van der Waals surface area contributed by atoms with Crippen LogP contribution in [0, 0.1) is 0 Å². The lowest BCUT2D eigenvalue weighted by molar-refractivity contribution is 0.0718. The molecule has 1 aliphatic heterocycles. The Morgan fingerprint density at radius 1 is 0.962 bits per heavy atom. The van der Waals surface area contributed by atoms with Crippen LogP contribution >= 0.6 is 22.7 Å². The van der Waals surface area contributed by atoms with Crippen LogP contribution in [0.5, 0.6) is 0 Å². The van der Waals surface area contributed by atoms with Gasteiger partial charge in [0.05, 0.1) is 20.1 Å². The van der Waals surface area contributed by atoms with Crippen molar-refractivity contribution in [2.45, 2.75) is 18.8 Å². The van der Waals surface area contributed by atoms with E-state index in [0.29, 0.717) is 5.92 Å². The van der Waals surface area contributed by atoms with Crippen LogP contribution in [-0.2, 0) is 0 Å². The van der Waals surface area contributed by atoms with Gasteiger partial charge in [0.1, 0.15) is 0 Å². The molecule has 26 heavy (non-hydrogen) atoms. The first kappa shape index (κ1) is 16.0. The molecule has 0 unspecified atom stereocenters. The van der Waals surface area contributed by atoms with Crippen LogP contribution in [0.25, 0.3) is 20.3 Å². The monoisotopic (exact) mass is 378 g/mol. The third-order valence-corrected chi connectivity index (χ3v) is 7.38. The van der Waals surface area contributed by atoms with Gasteiger partial charge < -0.3 is 4.90 Å². The van der Waals surface area contributed by atoms with E-state index in [1.54, 1.807) is 22.7 Å². The summed E-state index contributed by atoms with van der Waals surface area (Å²) in [5.74, 6) is 0.646. The lowest BCUT2D eigenvalue weighted by Gasteiger charge is -2.30. The first-order valence-electron chi connectivity index (χ1n) is 8.91. The first-order chi connectivity index (χ1) is 12.8. The highest BCUT2D eigenvalue weighted by Crippen LogP contribution is 2.35. The highest BCUT2D eigenvalue weighted by Gasteiger charge is 2.27. The zero-order chi connectivity index (χ0) is 17.5. The van der Waals surface area contributed by atoms with Crippen molar-refractivity contribution in [3.05, 3.63) is 64.5 Å². The van der Waals surface area contributed by atoms with E-state index in [1.807, 2.05) is 29.2 Å². The second-order valence-electron chi connectivity index (χ2n) is 6.73. The van der Waals surface area contributed by atoms with Crippen molar-refractivity contribution in [2.75, 3.05) is 13.1 Å². The molecule has 0 saturated carbocycles. The van der Waals surface area contributed by atoms with Crippen molar-refractivity contribution in [1.29, 1.82) is 0 Å². The summed E-state index contributed by atoms with van der Waals surface area (Å²) in [5.41, 5.74) is 1.09. The minimum absolute atomic E-state index is 0.175. The highest BCUT2D eigenvalue weighted by atomic mass is 32.1. The van der Waals surface area contributed by atoms with Crippen molar-refractivity contribution in [3.8, 4) is 0 Å². The van der Waals surface area contributed by atoms with E-state index in [9.17, 15) is 4.79 Å². The van der Waals surface area contributed by atoms with E-state index < -0.39 is 0 Å². The summed E-state index contributed by atoms with van der Waals surface area (Å²) in [6, 6.07) is 18.5. The minimum atomic E-state index is 0.175. The lowest BCUT2D eigenvalue weighted by atomic mass is 9.97. The van der Waals surface area contributed by atoms with Crippen molar-refractivity contribution >= 4 is 48.9 Å². The molecule has 5 heteroatoms. The number of aromatic nitrogens is 1. The van der Waals surface area contributed by atoms with Crippen LogP contribution in [-0.4, -0.2) is 28.9 Å². The molecular formula is C21H18N2OS2. The number of amides is 1. The maximum absolute atomic E-state index is 12.9. The standard InChI is InChI=1S/C21H18N2OS2/c24-21(19-13-15-5-1-3-7-17(15)25-19)23-11-9-14(10-12-23)20-22-16-6-2-4-8-18(16)26-20/h1-8,13-14H,9-12H2. The molecule has 0 spiro atoms. The van der Waals surface area contributed by atoms with E-state index in [0.717, 1.165) is 41.7 Å². The fourth-order valence-corrected chi connectivity index (χ4v) is 5.80. The highest BCUT2D eigenvalue weighted by molar-refractivity contribution is 7.20. The van der Waals surface area contributed by atoms with Crippen LogP contribution in [0.1, 0.15) is 33.4 Å². The van der Waals surface area contributed by atoms with Gasteiger partial charge in [0, 0.05) is 23.7 Å². The number of piperidine rings is 1. The smallest absolute Gasteiger partial charge is 0.263 e. The third kappa shape index (κ3) is 2.81. The number of likely N-dealkylation sites (tertiary alicyclic amines) is 1. The van der Waals surface area contributed by atoms with Gasteiger partial charge >= 0.3 is 0 Å². The Morgan fingerprint density at radius 3 is 2.46 bits per heavy atom. The molecule has 0 radical (unpaired) electrons. The van der Waals surface area contributed by atoms with E-state index in [2.05, 4.69) is 30.3 Å². The zero-order valence-corrected chi connectivity index (χ0v) is 15.9. The molecule has 5 rings (SSSR count). The predicted molar refractivity (Wildman–Crippen MR) is 109 cm³/mol. The summed E-state index contributed by atoms with van der Waals surface area (Å²) in [6.45, 7) is 1.63. The normalized spacial score (nSPS) is 15.8. The Kier molecular flexibility index (Phi) is 3.98. The van der Waals surface area contributed by atoms with Crippen LogP contribution in [0.2, 0.25) is 0 Å². The molecular weight excluding hydrogens is 360 g/mol. The number of hydrogen-bond acceptors (Lipinski definition) is 4. The molecule has 0 bridgehead atoms. The summed E-state index contributed by atoms with van der Waals surface area (Å²) >= 11 is 3.40. The predicted octanol–water partition coefficient (Wildman–Crippen LogP) is 5.53. The summed E-state index contributed by atoms with van der Waals surface area (Å²) in [5, 5.41) is 2.38. The van der Waals surface area contributed by atoms with Gasteiger partial charge in [-0.25, -0.2) is 4.98 Å². The molecule has 0 N–H and O–H groups in total. The Bertz CT molecular complexity index is 1020. The van der Waals surface area contributed by atoms with Gasteiger partial charge in [-0.15, -0.1) is 22.7 Å². The molecule has 1 aliphatic rings. The lowest BCUT2D eigenvalue weighted by Crippen LogP contribution is -2.37. The van der Waals surface area contributed by atoms with E-state index in [4.69, 9.17) is 4.98 Å². The van der Waals surface area contributed by atoms with Crippen LogP contribution < -0.4 is 0 Å². The number of rotatable bonds is 2. The van der Waals surface area contributed by atoms with Gasteiger partial charge in [0.2, 0.25) is 0 Å². The minimum Gasteiger partial charge on any atom is -0.338 e. The second-order valence-corrected chi connectivity index (χ2v) is 8.88. The Balaban J connectivity index is 1.31. The maximum Gasteiger partial charge on any atom is 0.263 e. The maximum atomic E-state index is 12.9. The fourth-order valence-electron chi connectivity index (χ4n) is 3.64. The van der Waals surface area contributed by atoms with Gasteiger partial charge in [0.15, 0.2) is 0 Å². The van der Waals surface area contributed by atoms with Crippen molar-refractivity contribution in [3.63, 3.8) is 0 Å². The molecule has 4 aromatic rings. The Hall–Kier alpha value is -2.24. The zero-order valence-electron chi connectivity index (χ0n) is 14.2. The number of para-hydroxylation sites is 1. The second kappa shape index (κ2) is 6.49. The van der Waals surface area contributed by atoms with Gasteiger partial charge in [-0.05, 0) is 42.5 Å². The number of thiophene rings is 1. The molecule has 2 aromatic heterocycles. The molecule has 3 nitrogen and oxygen atoms in total. The van der Waals surface area contributed by atoms with E-state index >= 15 is 0 Å². The van der Waals surface area contributed by atoms with Crippen LogP contribution in [0.15, 0.2) is 54.6 Å². The Morgan fingerprint density at radius 2 is 1.69 bits per heavy atom. The molecule has 130 valence electrons. The van der Waals surface area contributed by atoms with Crippen LogP contribution in [0.3, 0.4) is 0 Å². The number of benzene rings is 2. The first-order valence-corrected chi connectivity index (χ1v) is 10.5. The fraction of sp³-hybridized carbons (Fsp3) is 0.238. The van der Waals surface area contributed by atoms with Crippen molar-refractivity contribution in [2.24, 2.45) is 0 Å². The van der Waals surface area contributed by atoms with Gasteiger partial charge in [0.25, 0.3) is 5.91 Å². The van der Waals surface area contributed by atoms with Gasteiger partial charge in [-0.1, -0.05) is 30.3 Å². The largest absolute Gasteiger partial charge is 0.338 e. The molecule has 0 aliphatic carbocycles. The third-order valence-electron chi connectivity index (χ3n) is 5.08. The number of thiazole rings is 1. The summed E-state index contributed by atoms with van der Waals surface area (Å²) < 4.78 is 2.44.